The highest BCUT2D eigenvalue weighted by atomic mass is 16.2. The highest BCUT2D eigenvalue weighted by molar-refractivity contribution is 5.96. The molecule has 0 aliphatic rings. The summed E-state index contributed by atoms with van der Waals surface area (Å²) in [7, 11) is 0. The van der Waals surface area contributed by atoms with Gasteiger partial charge in [0.2, 0.25) is 23.6 Å². The summed E-state index contributed by atoms with van der Waals surface area (Å²) in [6.07, 6.45) is 10.2. The van der Waals surface area contributed by atoms with E-state index in [1.165, 1.54) is 12.4 Å². The van der Waals surface area contributed by atoms with Crippen molar-refractivity contribution >= 4 is 35.7 Å². The molecule has 0 fully saturated rings. The van der Waals surface area contributed by atoms with E-state index in [1.54, 1.807) is 18.3 Å². The lowest BCUT2D eigenvalue weighted by Crippen LogP contribution is -2.57. The second kappa shape index (κ2) is 18.1. The van der Waals surface area contributed by atoms with E-state index >= 15 is 0 Å². The topological polar surface area (TPSA) is 223 Å². The Hall–Kier alpha value is -5.72. The second-order valence-electron chi connectivity index (χ2n) is 10.1. The average Bonchev–Trinajstić information content (AvgIpc) is 3.54. The summed E-state index contributed by atoms with van der Waals surface area (Å²) >= 11 is 0. The molecule has 1 aromatic heterocycles. The molecule has 0 saturated heterocycles. The van der Waals surface area contributed by atoms with Gasteiger partial charge in [0.1, 0.15) is 18.1 Å². The van der Waals surface area contributed by atoms with Crippen LogP contribution >= 0.6 is 0 Å². The number of H-pyrrole nitrogens is 1. The molecule has 0 aliphatic carbocycles. The maximum absolute atomic E-state index is 13.6. The molecule has 4 amide bonds. The van der Waals surface area contributed by atoms with E-state index in [2.05, 4.69) is 30.9 Å². The third kappa shape index (κ3) is 12.6. The maximum Gasteiger partial charge on any atom is 0.244 e. The number of guanidine groups is 1. The van der Waals surface area contributed by atoms with E-state index in [0.717, 1.165) is 11.1 Å². The predicted molar refractivity (Wildman–Crippen MR) is 172 cm³/mol. The van der Waals surface area contributed by atoms with Crippen LogP contribution in [0.4, 0.5) is 0 Å². The van der Waals surface area contributed by atoms with Crippen LogP contribution in [-0.2, 0) is 32.0 Å². The van der Waals surface area contributed by atoms with Gasteiger partial charge in [0.25, 0.3) is 0 Å². The van der Waals surface area contributed by atoms with Gasteiger partial charge in [-0.05, 0) is 24.0 Å². The van der Waals surface area contributed by atoms with Crippen LogP contribution in [0.2, 0.25) is 0 Å². The van der Waals surface area contributed by atoms with Crippen molar-refractivity contribution < 1.29 is 19.2 Å². The summed E-state index contributed by atoms with van der Waals surface area (Å²) in [5.41, 5.74) is 18.6. The van der Waals surface area contributed by atoms with Crippen LogP contribution in [0.15, 0.2) is 96.4 Å². The monoisotopic (exact) mass is 613 g/mol. The fourth-order valence-corrected chi connectivity index (χ4v) is 4.31. The van der Waals surface area contributed by atoms with E-state index in [9.17, 15) is 19.2 Å². The molecular weight excluding hydrogens is 574 g/mol. The number of rotatable bonds is 17. The Morgan fingerprint density at radius 3 is 2.09 bits per heavy atom. The minimum absolute atomic E-state index is 0.0830. The lowest BCUT2D eigenvalue weighted by atomic mass is 10.0. The van der Waals surface area contributed by atoms with Crippen LogP contribution < -0.4 is 33.2 Å². The number of carbonyl (C=O) groups excluding carboxylic acids is 4. The van der Waals surface area contributed by atoms with Gasteiger partial charge in [-0.25, -0.2) is 4.98 Å². The highest BCUT2D eigenvalue weighted by Crippen LogP contribution is 2.08. The molecule has 45 heavy (non-hydrogen) atoms. The fourth-order valence-electron chi connectivity index (χ4n) is 4.31. The van der Waals surface area contributed by atoms with E-state index in [4.69, 9.17) is 17.2 Å². The number of aromatic amines is 1. The van der Waals surface area contributed by atoms with Gasteiger partial charge < -0.3 is 38.1 Å². The van der Waals surface area contributed by atoms with Gasteiger partial charge >= 0.3 is 0 Å². The van der Waals surface area contributed by atoms with Gasteiger partial charge in [0, 0.05) is 37.4 Å². The summed E-state index contributed by atoms with van der Waals surface area (Å²) < 4.78 is 0. The summed E-state index contributed by atoms with van der Waals surface area (Å²) in [5, 5.41) is 8.10. The molecule has 0 aliphatic heterocycles. The molecule has 0 unspecified atom stereocenters. The van der Waals surface area contributed by atoms with E-state index in [-0.39, 0.29) is 31.8 Å². The minimum atomic E-state index is -1.09. The number of primary amides is 1. The van der Waals surface area contributed by atoms with Crippen molar-refractivity contribution in [2.75, 3.05) is 6.54 Å². The standard InChI is InChI=1S/C32H39N9O4/c33-29(43)25(15-9-17-37-32(34)35)40-30(44)26(18-23-13-5-2-6-14-23)41-31(45)27(19-24-20-36-21-38-24)39-28(42)16-8-7-12-22-10-3-1-4-11-22/h1-8,10-14,16,20-21,25-27H,9,15,17-19H2,(H2,33,43)(H,36,38)(H,39,42)(H,40,44)(H,41,45)(H4,34,35,37)/b12-7+,16-8+/t25-,26-,27+/m1/s1. The zero-order valence-corrected chi connectivity index (χ0v) is 24.8. The van der Waals surface area contributed by atoms with Crippen molar-refractivity contribution in [3.8, 4) is 0 Å². The van der Waals surface area contributed by atoms with Crippen molar-refractivity contribution in [2.45, 2.75) is 43.8 Å². The van der Waals surface area contributed by atoms with Crippen molar-refractivity contribution in [3.05, 3.63) is 108 Å². The third-order valence-corrected chi connectivity index (χ3v) is 6.58. The number of amides is 4. The summed E-state index contributed by atoms with van der Waals surface area (Å²) in [4.78, 5) is 62.8. The average molecular weight is 614 g/mol. The zero-order valence-electron chi connectivity index (χ0n) is 24.8. The number of allylic oxidation sites excluding steroid dienone is 2. The van der Waals surface area contributed by atoms with Crippen LogP contribution in [0.25, 0.3) is 6.08 Å². The molecule has 236 valence electrons. The van der Waals surface area contributed by atoms with Crippen LogP contribution in [0.3, 0.4) is 0 Å². The van der Waals surface area contributed by atoms with Gasteiger partial charge in [-0.15, -0.1) is 0 Å². The first-order valence-electron chi connectivity index (χ1n) is 14.4. The SMILES string of the molecule is NC(=O)[C@@H](CCCN=C(N)N)NC(=O)[C@@H](Cc1ccccc1)NC(=O)[C@H](Cc1cnc[nH]1)NC(=O)/C=C/C=C/c1ccccc1. The number of nitrogens with one attached hydrogen (secondary N) is 4. The number of benzene rings is 2. The molecule has 0 bridgehead atoms. The number of imidazole rings is 1. The molecule has 3 aromatic rings. The van der Waals surface area contributed by atoms with Crippen molar-refractivity contribution in [3.63, 3.8) is 0 Å². The van der Waals surface area contributed by atoms with Gasteiger partial charge in [-0.1, -0.05) is 78.9 Å². The number of carbonyl (C=O) groups is 4. The molecule has 0 spiro atoms. The molecule has 13 heteroatoms. The summed E-state index contributed by atoms with van der Waals surface area (Å²) in [6, 6.07) is 15.5. The Morgan fingerprint density at radius 1 is 0.822 bits per heavy atom. The largest absolute Gasteiger partial charge is 0.370 e. The molecule has 13 nitrogen and oxygen atoms in total. The first kappa shape index (κ1) is 33.8. The lowest BCUT2D eigenvalue weighted by Gasteiger charge is -2.24. The summed E-state index contributed by atoms with van der Waals surface area (Å²) in [6.45, 7) is 0.248. The van der Waals surface area contributed by atoms with Crippen LogP contribution in [0.1, 0.15) is 29.7 Å². The Labute approximate surface area is 261 Å². The smallest absolute Gasteiger partial charge is 0.244 e. The molecular formula is C32H39N9O4. The van der Waals surface area contributed by atoms with Crippen LogP contribution in [0, 0.1) is 0 Å². The molecule has 2 aromatic carbocycles. The molecule has 0 radical (unpaired) electrons. The Kier molecular flexibility index (Phi) is 13.6. The van der Waals surface area contributed by atoms with Crippen molar-refractivity contribution in [1.29, 1.82) is 0 Å². The number of nitrogens with two attached hydrogens (primary N) is 3. The lowest BCUT2D eigenvalue weighted by molar-refractivity contribution is -0.132. The van der Waals surface area contributed by atoms with E-state index < -0.39 is 41.8 Å². The quantitative estimate of drug-likeness (QED) is 0.0374. The van der Waals surface area contributed by atoms with E-state index in [1.807, 2.05) is 66.7 Å². The Morgan fingerprint density at radius 2 is 1.47 bits per heavy atom. The molecule has 10 N–H and O–H groups in total. The zero-order chi connectivity index (χ0) is 32.4. The second-order valence-corrected chi connectivity index (χ2v) is 10.1. The predicted octanol–water partition coefficient (Wildman–Crippen LogP) is 0.458. The van der Waals surface area contributed by atoms with Crippen molar-refractivity contribution in [2.24, 2.45) is 22.2 Å². The van der Waals surface area contributed by atoms with Crippen LogP contribution in [0.5, 0.6) is 0 Å². The number of hydrogen-bond donors (Lipinski definition) is 7. The molecule has 3 atom stereocenters. The summed E-state index contributed by atoms with van der Waals surface area (Å²) in [5.74, 6) is -2.56. The van der Waals surface area contributed by atoms with Crippen molar-refractivity contribution in [1.82, 2.24) is 25.9 Å². The first-order chi connectivity index (χ1) is 21.7. The minimum Gasteiger partial charge on any atom is -0.370 e. The number of hydrogen-bond acceptors (Lipinski definition) is 6. The van der Waals surface area contributed by atoms with Gasteiger partial charge in [0.15, 0.2) is 5.96 Å². The van der Waals surface area contributed by atoms with Gasteiger partial charge in [0.05, 0.1) is 6.33 Å². The highest BCUT2D eigenvalue weighted by Gasteiger charge is 2.29. The van der Waals surface area contributed by atoms with Gasteiger partial charge in [-0.3, -0.25) is 24.2 Å². The number of nitrogens with zero attached hydrogens (tertiary/aromatic N) is 2. The Bertz CT molecular complexity index is 1470. The van der Waals surface area contributed by atoms with Gasteiger partial charge in [-0.2, -0.15) is 0 Å². The maximum atomic E-state index is 13.6. The van der Waals surface area contributed by atoms with Crippen LogP contribution in [-0.4, -0.2) is 64.2 Å². The first-order valence-corrected chi connectivity index (χ1v) is 14.4. The number of aromatic nitrogens is 2. The third-order valence-electron chi connectivity index (χ3n) is 6.58. The number of aliphatic imine (C=N–C) groups is 1. The molecule has 0 saturated carbocycles. The molecule has 1 heterocycles. The Balaban J connectivity index is 1.74. The normalized spacial score (nSPS) is 13.1. The molecule has 3 rings (SSSR count). The fraction of sp³-hybridized carbons (Fsp3) is 0.250. The van der Waals surface area contributed by atoms with E-state index in [0.29, 0.717) is 12.1 Å².